The van der Waals surface area contributed by atoms with Gasteiger partial charge in [-0.2, -0.15) is 10.3 Å². The van der Waals surface area contributed by atoms with Gasteiger partial charge in [-0.25, -0.2) is 4.39 Å². The number of nitriles is 1. The first-order valence-corrected chi connectivity index (χ1v) is 8.28. The van der Waals surface area contributed by atoms with Gasteiger partial charge < -0.3 is 15.7 Å². The maximum absolute atomic E-state index is 13.6. The standard InChI is InChI=1S/C19H18FN5O2/c1-19(2)9-23-18(24-10-19)25-17(27)16-14(26)4-3-11(6-21)15(16)12-5-13(20)8-22-7-12/h3-5,7-8,26H,9-10H2,1-2H3,(H2,23,24,25,27). The molecule has 0 saturated carbocycles. The molecule has 138 valence electrons. The molecule has 3 rings (SSSR count). The molecule has 1 amide bonds. The largest absolute Gasteiger partial charge is 0.507 e. The highest BCUT2D eigenvalue weighted by molar-refractivity contribution is 6.09. The number of phenols is 1. The van der Waals surface area contributed by atoms with E-state index >= 15 is 0 Å². The SMILES string of the molecule is CC1(C)CNC(=NC(=O)c2c(O)ccc(C#N)c2-c2cncc(F)c2)NC1. The van der Waals surface area contributed by atoms with E-state index in [1.54, 1.807) is 0 Å². The summed E-state index contributed by atoms with van der Waals surface area (Å²) in [4.78, 5) is 20.5. The summed E-state index contributed by atoms with van der Waals surface area (Å²) in [5.41, 5.74) is 0.229. The number of carbonyl (C=O) groups excluding carboxylic acids is 1. The van der Waals surface area contributed by atoms with E-state index in [1.807, 2.05) is 6.07 Å². The zero-order chi connectivity index (χ0) is 19.6. The Morgan fingerprint density at radius 3 is 2.67 bits per heavy atom. The fourth-order valence-electron chi connectivity index (χ4n) is 2.76. The van der Waals surface area contributed by atoms with E-state index in [-0.39, 0.29) is 39.4 Å². The summed E-state index contributed by atoms with van der Waals surface area (Å²) >= 11 is 0. The Hall–Kier alpha value is -3.47. The Morgan fingerprint density at radius 2 is 2.04 bits per heavy atom. The molecule has 8 heteroatoms. The molecular weight excluding hydrogens is 349 g/mol. The minimum atomic E-state index is -0.751. The monoisotopic (exact) mass is 367 g/mol. The summed E-state index contributed by atoms with van der Waals surface area (Å²) in [5.74, 6) is -1.44. The maximum atomic E-state index is 13.6. The highest BCUT2D eigenvalue weighted by Gasteiger charge is 2.26. The number of aromatic nitrogens is 1. The van der Waals surface area contributed by atoms with Crippen molar-refractivity contribution in [1.29, 1.82) is 5.26 Å². The number of aromatic hydroxyl groups is 1. The highest BCUT2D eigenvalue weighted by Crippen LogP contribution is 2.34. The molecule has 1 saturated heterocycles. The molecular formula is C19H18FN5O2. The van der Waals surface area contributed by atoms with Crippen molar-refractivity contribution >= 4 is 11.9 Å². The van der Waals surface area contributed by atoms with E-state index in [2.05, 4.69) is 34.5 Å². The van der Waals surface area contributed by atoms with Crippen molar-refractivity contribution in [1.82, 2.24) is 15.6 Å². The Morgan fingerprint density at radius 1 is 1.33 bits per heavy atom. The zero-order valence-electron chi connectivity index (χ0n) is 14.9. The first kappa shape index (κ1) is 18.3. The minimum Gasteiger partial charge on any atom is -0.507 e. The lowest BCUT2D eigenvalue weighted by atomic mass is 9.92. The third-order valence-electron chi connectivity index (χ3n) is 4.19. The molecule has 27 heavy (non-hydrogen) atoms. The number of carbonyl (C=O) groups is 1. The lowest BCUT2D eigenvalue weighted by Crippen LogP contribution is -2.53. The number of pyridine rings is 1. The van der Waals surface area contributed by atoms with Crippen molar-refractivity contribution in [2.45, 2.75) is 13.8 Å². The van der Waals surface area contributed by atoms with Crippen LogP contribution in [-0.4, -0.2) is 35.0 Å². The van der Waals surface area contributed by atoms with Crippen molar-refractivity contribution in [2.75, 3.05) is 13.1 Å². The van der Waals surface area contributed by atoms with Crippen LogP contribution in [0.5, 0.6) is 5.75 Å². The minimum absolute atomic E-state index is 0.00330. The molecule has 0 bridgehead atoms. The predicted octanol–water partition coefficient (Wildman–Crippen LogP) is 2.18. The van der Waals surface area contributed by atoms with Crippen LogP contribution >= 0.6 is 0 Å². The summed E-state index contributed by atoms with van der Waals surface area (Å²) in [6.45, 7) is 5.36. The van der Waals surface area contributed by atoms with Crippen molar-refractivity contribution in [3.63, 3.8) is 0 Å². The lowest BCUT2D eigenvalue weighted by molar-refractivity contribution is 0.0999. The molecule has 1 aromatic heterocycles. The number of benzene rings is 1. The molecule has 7 nitrogen and oxygen atoms in total. The van der Waals surface area contributed by atoms with Gasteiger partial charge >= 0.3 is 0 Å². The van der Waals surface area contributed by atoms with Crippen LogP contribution in [0.1, 0.15) is 29.8 Å². The molecule has 1 aromatic carbocycles. The van der Waals surface area contributed by atoms with Crippen LogP contribution in [0.15, 0.2) is 35.6 Å². The zero-order valence-corrected chi connectivity index (χ0v) is 14.9. The number of hydrogen-bond donors (Lipinski definition) is 3. The van der Waals surface area contributed by atoms with Crippen LogP contribution in [0, 0.1) is 22.6 Å². The predicted molar refractivity (Wildman–Crippen MR) is 97.6 cm³/mol. The van der Waals surface area contributed by atoms with Crippen molar-refractivity contribution in [2.24, 2.45) is 10.4 Å². The van der Waals surface area contributed by atoms with Crippen LogP contribution in [0.3, 0.4) is 0 Å². The molecule has 0 atom stereocenters. The van der Waals surface area contributed by atoms with E-state index in [0.717, 1.165) is 12.3 Å². The number of nitrogens with one attached hydrogen (secondary N) is 2. The number of guanidine groups is 1. The normalized spacial score (nSPS) is 15.3. The summed E-state index contributed by atoms with van der Waals surface area (Å²) < 4.78 is 13.6. The van der Waals surface area contributed by atoms with Crippen LogP contribution < -0.4 is 10.6 Å². The third kappa shape index (κ3) is 3.87. The van der Waals surface area contributed by atoms with Crippen molar-refractivity contribution in [3.05, 3.63) is 47.5 Å². The first-order valence-electron chi connectivity index (χ1n) is 8.28. The molecule has 0 radical (unpaired) electrons. The number of nitrogens with zero attached hydrogens (tertiary/aromatic N) is 3. The summed E-state index contributed by atoms with van der Waals surface area (Å²) in [5, 5.41) is 25.7. The molecule has 1 aliphatic heterocycles. The van der Waals surface area contributed by atoms with Gasteiger partial charge in [0, 0.05) is 30.4 Å². The Kier molecular flexibility index (Phi) is 4.77. The average Bonchev–Trinajstić information content (AvgIpc) is 2.63. The fraction of sp³-hybridized carbons (Fsp3) is 0.263. The van der Waals surface area contributed by atoms with E-state index < -0.39 is 11.7 Å². The molecule has 1 aliphatic rings. The average molecular weight is 367 g/mol. The first-order chi connectivity index (χ1) is 12.8. The molecule has 0 aliphatic carbocycles. The van der Waals surface area contributed by atoms with Gasteiger partial charge in [-0.3, -0.25) is 9.78 Å². The number of rotatable bonds is 2. The fourth-order valence-corrected chi connectivity index (χ4v) is 2.76. The second-order valence-electron chi connectivity index (χ2n) is 7.02. The second kappa shape index (κ2) is 7.03. The van der Waals surface area contributed by atoms with Gasteiger partial charge in [0.05, 0.1) is 23.4 Å². The number of halogens is 1. The Labute approximate surface area is 155 Å². The van der Waals surface area contributed by atoms with Gasteiger partial charge in [-0.05, 0) is 23.6 Å². The molecule has 2 heterocycles. The van der Waals surface area contributed by atoms with Gasteiger partial charge in [0.1, 0.15) is 11.6 Å². The van der Waals surface area contributed by atoms with Crippen LogP contribution in [0.2, 0.25) is 0 Å². The van der Waals surface area contributed by atoms with Crippen LogP contribution in [-0.2, 0) is 0 Å². The number of hydrogen-bond acceptors (Lipinski definition) is 4. The Balaban J connectivity index is 2.07. The van der Waals surface area contributed by atoms with Crippen LogP contribution in [0.4, 0.5) is 4.39 Å². The number of aliphatic imine (C=N–C) groups is 1. The summed E-state index contributed by atoms with van der Waals surface area (Å²) in [6.07, 6.45) is 2.33. The van der Waals surface area contributed by atoms with E-state index in [9.17, 15) is 19.6 Å². The number of amides is 1. The Bertz CT molecular complexity index is 967. The van der Waals surface area contributed by atoms with Gasteiger partial charge in [0.15, 0.2) is 5.96 Å². The van der Waals surface area contributed by atoms with Gasteiger partial charge in [-0.15, -0.1) is 0 Å². The number of phenolic OH excluding ortho intramolecular Hbond substituents is 1. The third-order valence-corrected chi connectivity index (χ3v) is 4.19. The van der Waals surface area contributed by atoms with Gasteiger partial charge in [0.2, 0.25) is 0 Å². The lowest BCUT2D eigenvalue weighted by Gasteiger charge is -2.32. The molecule has 2 aromatic rings. The van der Waals surface area contributed by atoms with E-state index in [4.69, 9.17) is 0 Å². The molecule has 1 fully saturated rings. The highest BCUT2D eigenvalue weighted by atomic mass is 19.1. The molecule has 3 N–H and O–H groups in total. The summed E-state index contributed by atoms with van der Waals surface area (Å²) in [6, 6.07) is 5.71. The molecule has 0 unspecified atom stereocenters. The van der Waals surface area contributed by atoms with Gasteiger partial charge in [-0.1, -0.05) is 13.8 Å². The van der Waals surface area contributed by atoms with E-state index in [0.29, 0.717) is 13.1 Å². The van der Waals surface area contributed by atoms with Gasteiger partial charge in [0.25, 0.3) is 5.91 Å². The van der Waals surface area contributed by atoms with Crippen molar-refractivity contribution < 1.29 is 14.3 Å². The van der Waals surface area contributed by atoms with Crippen molar-refractivity contribution in [3.8, 4) is 22.9 Å². The quantitative estimate of drug-likeness (QED) is 0.750. The topological polar surface area (TPSA) is 110 Å². The second-order valence-corrected chi connectivity index (χ2v) is 7.02. The molecule has 0 spiro atoms. The van der Waals surface area contributed by atoms with E-state index in [1.165, 1.54) is 18.3 Å². The van der Waals surface area contributed by atoms with Crippen LogP contribution in [0.25, 0.3) is 11.1 Å². The summed E-state index contributed by atoms with van der Waals surface area (Å²) in [7, 11) is 0. The smallest absolute Gasteiger partial charge is 0.284 e. The maximum Gasteiger partial charge on any atom is 0.284 e.